The molecule has 1 amide bonds. The highest BCUT2D eigenvalue weighted by molar-refractivity contribution is 5.95. The standard InChI is InChI=1S/C19H23FN4O/c1-2-14-3-6-17(22-11-14)12-24-10-9-21-18(13-24)19(25)23-16-7-4-15(20)5-8-16/h3-8,11,18,21H,2,9-10,12-13H2,1H3,(H,23,25). The van der Waals surface area contributed by atoms with Crippen molar-refractivity contribution in [2.75, 3.05) is 25.0 Å². The fraction of sp³-hybridized carbons (Fsp3) is 0.368. The average Bonchev–Trinajstić information content (AvgIpc) is 2.64. The van der Waals surface area contributed by atoms with Gasteiger partial charge in [0.25, 0.3) is 0 Å². The first kappa shape index (κ1) is 17.5. The van der Waals surface area contributed by atoms with Gasteiger partial charge in [-0.1, -0.05) is 13.0 Å². The zero-order chi connectivity index (χ0) is 17.6. The lowest BCUT2D eigenvalue weighted by Gasteiger charge is -2.32. The van der Waals surface area contributed by atoms with Crippen molar-refractivity contribution in [1.29, 1.82) is 0 Å². The van der Waals surface area contributed by atoms with E-state index in [1.165, 1.54) is 17.7 Å². The van der Waals surface area contributed by atoms with Gasteiger partial charge in [-0.2, -0.15) is 0 Å². The molecule has 1 aromatic heterocycles. The zero-order valence-corrected chi connectivity index (χ0v) is 14.3. The number of pyridine rings is 1. The second kappa shape index (κ2) is 8.18. The quantitative estimate of drug-likeness (QED) is 0.875. The molecule has 1 aromatic carbocycles. The number of carbonyl (C=O) groups excluding carboxylic acids is 1. The third-order valence-corrected chi connectivity index (χ3v) is 4.37. The summed E-state index contributed by atoms with van der Waals surface area (Å²) in [5, 5.41) is 6.06. The molecule has 1 unspecified atom stereocenters. The van der Waals surface area contributed by atoms with E-state index in [-0.39, 0.29) is 17.8 Å². The molecule has 0 aliphatic carbocycles. The number of rotatable bonds is 5. The van der Waals surface area contributed by atoms with Gasteiger partial charge in [0.1, 0.15) is 5.82 Å². The van der Waals surface area contributed by atoms with Crippen LogP contribution in [-0.4, -0.2) is 41.5 Å². The van der Waals surface area contributed by atoms with Gasteiger partial charge in [-0.15, -0.1) is 0 Å². The van der Waals surface area contributed by atoms with E-state index >= 15 is 0 Å². The van der Waals surface area contributed by atoms with Crippen molar-refractivity contribution in [1.82, 2.24) is 15.2 Å². The summed E-state index contributed by atoms with van der Waals surface area (Å²) in [4.78, 5) is 19.1. The Morgan fingerprint density at radius 2 is 2.12 bits per heavy atom. The van der Waals surface area contributed by atoms with Crippen LogP contribution >= 0.6 is 0 Å². The van der Waals surface area contributed by atoms with Crippen LogP contribution in [-0.2, 0) is 17.8 Å². The fourth-order valence-electron chi connectivity index (χ4n) is 2.88. The maximum atomic E-state index is 12.9. The Morgan fingerprint density at radius 1 is 1.32 bits per heavy atom. The molecule has 1 aliphatic heterocycles. The average molecular weight is 342 g/mol. The summed E-state index contributed by atoms with van der Waals surface area (Å²) in [5.41, 5.74) is 2.83. The van der Waals surface area contributed by atoms with Crippen molar-refractivity contribution in [3.63, 3.8) is 0 Å². The molecule has 0 spiro atoms. The lowest BCUT2D eigenvalue weighted by molar-refractivity contribution is -0.119. The SMILES string of the molecule is CCc1ccc(CN2CCNC(C(=O)Nc3ccc(F)cc3)C2)nc1. The van der Waals surface area contributed by atoms with Crippen LogP contribution in [0.3, 0.4) is 0 Å². The molecule has 0 bridgehead atoms. The molecule has 2 heterocycles. The highest BCUT2D eigenvalue weighted by atomic mass is 19.1. The lowest BCUT2D eigenvalue weighted by atomic mass is 10.1. The Bertz CT molecular complexity index is 702. The van der Waals surface area contributed by atoms with Crippen LogP contribution in [0.25, 0.3) is 0 Å². The summed E-state index contributed by atoms with van der Waals surface area (Å²) in [5.74, 6) is -0.424. The number of nitrogens with one attached hydrogen (secondary N) is 2. The number of piperazine rings is 1. The summed E-state index contributed by atoms with van der Waals surface area (Å²) in [6.45, 7) is 5.07. The molecule has 2 N–H and O–H groups in total. The highest BCUT2D eigenvalue weighted by Crippen LogP contribution is 2.11. The summed E-state index contributed by atoms with van der Waals surface area (Å²) in [7, 11) is 0. The van der Waals surface area contributed by atoms with Gasteiger partial charge in [-0.05, 0) is 42.3 Å². The third kappa shape index (κ3) is 4.84. The maximum Gasteiger partial charge on any atom is 0.242 e. The van der Waals surface area contributed by atoms with Gasteiger partial charge in [0.2, 0.25) is 5.91 Å². The van der Waals surface area contributed by atoms with Crippen LogP contribution in [0.2, 0.25) is 0 Å². The Morgan fingerprint density at radius 3 is 2.80 bits per heavy atom. The molecule has 132 valence electrons. The van der Waals surface area contributed by atoms with Gasteiger partial charge in [-0.25, -0.2) is 4.39 Å². The van der Waals surface area contributed by atoms with E-state index in [9.17, 15) is 9.18 Å². The minimum Gasteiger partial charge on any atom is -0.325 e. The van der Waals surface area contributed by atoms with E-state index in [0.29, 0.717) is 12.2 Å². The lowest BCUT2D eigenvalue weighted by Crippen LogP contribution is -2.55. The van der Waals surface area contributed by atoms with E-state index in [4.69, 9.17) is 0 Å². The van der Waals surface area contributed by atoms with E-state index in [0.717, 1.165) is 31.7 Å². The number of halogens is 1. The summed E-state index contributed by atoms with van der Waals surface area (Å²) < 4.78 is 12.9. The predicted octanol–water partition coefficient (Wildman–Crippen LogP) is 2.20. The van der Waals surface area contributed by atoms with Gasteiger partial charge >= 0.3 is 0 Å². The molecule has 1 aliphatic rings. The molecular formula is C19H23FN4O. The number of hydrogen-bond donors (Lipinski definition) is 2. The molecule has 25 heavy (non-hydrogen) atoms. The van der Waals surface area contributed by atoms with Gasteiger partial charge in [0, 0.05) is 38.1 Å². The largest absolute Gasteiger partial charge is 0.325 e. The van der Waals surface area contributed by atoms with Crippen molar-refractivity contribution >= 4 is 11.6 Å². The van der Waals surface area contributed by atoms with E-state index in [1.807, 2.05) is 6.20 Å². The third-order valence-electron chi connectivity index (χ3n) is 4.37. The normalized spacial score (nSPS) is 18.1. The fourth-order valence-corrected chi connectivity index (χ4v) is 2.88. The van der Waals surface area contributed by atoms with Crippen molar-refractivity contribution in [2.45, 2.75) is 25.9 Å². The van der Waals surface area contributed by atoms with E-state index < -0.39 is 0 Å². The molecule has 1 fully saturated rings. The van der Waals surface area contributed by atoms with Crippen LogP contribution in [0.4, 0.5) is 10.1 Å². The Labute approximate surface area is 147 Å². The minimum atomic E-state index is -0.318. The molecule has 5 nitrogen and oxygen atoms in total. The summed E-state index contributed by atoms with van der Waals surface area (Å²) in [6, 6.07) is 9.65. The second-order valence-electron chi connectivity index (χ2n) is 6.25. The molecular weight excluding hydrogens is 319 g/mol. The van der Waals surface area contributed by atoms with E-state index in [2.05, 4.69) is 39.6 Å². The molecule has 0 radical (unpaired) electrons. The molecule has 6 heteroatoms. The molecule has 1 saturated heterocycles. The number of nitrogens with zero attached hydrogens (tertiary/aromatic N) is 2. The Balaban J connectivity index is 1.56. The maximum absolute atomic E-state index is 12.9. The highest BCUT2D eigenvalue weighted by Gasteiger charge is 2.25. The first-order chi connectivity index (χ1) is 12.1. The number of carbonyl (C=O) groups is 1. The van der Waals surface area contributed by atoms with Crippen LogP contribution in [0.5, 0.6) is 0 Å². The number of aryl methyl sites for hydroxylation is 1. The number of benzene rings is 1. The minimum absolute atomic E-state index is 0.106. The first-order valence-corrected chi connectivity index (χ1v) is 8.60. The molecule has 2 aromatic rings. The van der Waals surface area contributed by atoms with Crippen LogP contribution in [0, 0.1) is 5.82 Å². The van der Waals surface area contributed by atoms with Crippen LogP contribution < -0.4 is 10.6 Å². The zero-order valence-electron chi connectivity index (χ0n) is 14.3. The van der Waals surface area contributed by atoms with Crippen LogP contribution in [0.1, 0.15) is 18.2 Å². The number of amides is 1. The Kier molecular flexibility index (Phi) is 5.73. The van der Waals surface area contributed by atoms with Gasteiger partial charge in [-0.3, -0.25) is 14.7 Å². The molecule has 3 rings (SSSR count). The Hall–Kier alpha value is -2.31. The van der Waals surface area contributed by atoms with E-state index in [1.54, 1.807) is 12.1 Å². The molecule has 0 saturated carbocycles. The number of hydrogen-bond acceptors (Lipinski definition) is 4. The van der Waals surface area contributed by atoms with Crippen molar-refractivity contribution in [2.24, 2.45) is 0 Å². The van der Waals surface area contributed by atoms with Gasteiger partial charge in [0.05, 0.1) is 11.7 Å². The number of anilines is 1. The van der Waals surface area contributed by atoms with Crippen molar-refractivity contribution in [3.05, 3.63) is 59.7 Å². The monoisotopic (exact) mass is 342 g/mol. The van der Waals surface area contributed by atoms with Crippen LogP contribution in [0.15, 0.2) is 42.6 Å². The smallest absolute Gasteiger partial charge is 0.242 e. The van der Waals surface area contributed by atoms with Gasteiger partial charge in [0.15, 0.2) is 0 Å². The van der Waals surface area contributed by atoms with Crippen molar-refractivity contribution in [3.8, 4) is 0 Å². The second-order valence-corrected chi connectivity index (χ2v) is 6.25. The summed E-state index contributed by atoms with van der Waals surface area (Å²) >= 11 is 0. The van der Waals surface area contributed by atoms with Crippen molar-refractivity contribution < 1.29 is 9.18 Å². The van der Waals surface area contributed by atoms with Gasteiger partial charge < -0.3 is 10.6 Å². The first-order valence-electron chi connectivity index (χ1n) is 8.60. The topological polar surface area (TPSA) is 57.3 Å². The summed E-state index contributed by atoms with van der Waals surface area (Å²) in [6.07, 6.45) is 2.89. The molecule has 1 atom stereocenters. The number of aromatic nitrogens is 1. The predicted molar refractivity (Wildman–Crippen MR) is 95.7 cm³/mol.